The van der Waals surface area contributed by atoms with Gasteiger partial charge in [0.25, 0.3) is 0 Å². The third-order valence-corrected chi connectivity index (χ3v) is 4.68. The molecule has 2 rings (SSSR count). The molecule has 0 bridgehead atoms. The molecule has 1 aromatic heterocycles. The highest BCUT2D eigenvalue weighted by molar-refractivity contribution is 7.15. The van der Waals surface area contributed by atoms with E-state index in [1.165, 1.54) is 23.5 Å². The van der Waals surface area contributed by atoms with Crippen LogP contribution in [-0.4, -0.2) is 0 Å². The van der Waals surface area contributed by atoms with E-state index in [-0.39, 0.29) is 22.5 Å². The van der Waals surface area contributed by atoms with E-state index in [9.17, 15) is 13.2 Å². The van der Waals surface area contributed by atoms with Gasteiger partial charge in [-0.2, -0.15) is 13.2 Å². The summed E-state index contributed by atoms with van der Waals surface area (Å²) < 4.78 is 39.4. The van der Waals surface area contributed by atoms with Gasteiger partial charge in [0.15, 0.2) is 0 Å². The van der Waals surface area contributed by atoms with Crippen LogP contribution in [0.1, 0.15) is 30.3 Å². The first kappa shape index (κ1) is 16.3. The zero-order chi connectivity index (χ0) is 15.8. The lowest BCUT2D eigenvalue weighted by molar-refractivity contribution is -0.137. The summed E-state index contributed by atoms with van der Waals surface area (Å²) in [7, 11) is 0. The standard InChI is InChI=1S/C15H15ClF3NS/c1-8(2)14(20)13-6-5-12(21-13)10-4-3-9(16)7-11(10)15(17,18)19/h3-8,14H,20H2,1-2H3. The van der Waals surface area contributed by atoms with E-state index >= 15 is 0 Å². The normalized spacial score (nSPS) is 13.7. The molecule has 0 spiro atoms. The molecule has 6 heteroatoms. The van der Waals surface area contributed by atoms with E-state index in [0.29, 0.717) is 4.88 Å². The molecule has 2 aromatic rings. The van der Waals surface area contributed by atoms with Crippen molar-refractivity contribution in [2.45, 2.75) is 26.1 Å². The molecule has 0 saturated heterocycles. The van der Waals surface area contributed by atoms with Crippen molar-refractivity contribution in [3.8, 4) is 10.4 Å². The zero-order valence-electron chi connectivity index (χ0n) is 11.5. The monoisotopic (exact) mass is 333 g/mol. The van der Waals surface area contributed by atoms with Gasteiger partial charge >= 0.3 is 6.18 Å². The molecular formula is C15H15ClF3NS. The predicted molar refractivity (Wildman–Crippen MR) is 81.5 cm³/mol. The molecule has 114 valence electrons. The first-order chi connectivity index (χ1) is 9.70. The minimum absolute atomic E-state index is 0.0711. The van der Waals surface area contributed by atoms with E-state index < -0.39 is 11.7 Å². The summed E-state index contributed by atoms with van der Waals surface area (Å²) in [5.41, 5.74) is 5.46. The fourth-order valence-electron chi connectivity index (χ4n) is 1.97. The van der Waals surface area contributed by atoms with E-state index in [2.05, 4.69) is 0 Å². The molecule has 0 aliphatic carbocycles. The quantitative estimate of drug-likeness (QED) is 0.761. The molecular weight excluding hydrogens is 319 g/mol. The maximum atomic E-state index is 13.1. The van der Waals surface area contributed by atoms with Crippen molar-refractivity contribution in [1.29, 1.82) is 0 Å². The van der Waals surface area contributed by atoms with Crippen LogP contribution in [0.5, 0.6) is 0 Å². The van der Waals surface area contributed by atoms with Gasteiger partial charge in [0.2, 0.25) is 0 Å². The first-order valence-electron chi connectivity index (χ1n) is 6.42. The summed E-state index contributed by atoms with van der Waals surface area (Å²) in [5, 5.41) is 0.0711. The summed E-state index contributed by atoms with van der Waals surface area (Å²) >= 11 is 6.98. The Morgan fingerprint density at radius 1 is 1.14 bits per heavy atom. The van der Waals surface area contributed by atoms with Crippen LogP contribution in [0.4, 0.5) is 13.2 Å². The Morgan fingerprint density at radius 2 is 1.81 bits per heavy atom. The van der Waals surface area contributed by atoms with Crippen molar-refractivity contribution in [1.82, 2.24) is 0 Å². The second kappa shape index (κ2) is 5.99. The van der Waals surface area contributed by atoms with Gasteiger partial charge < -0.3 is 5.73 Å². The van der Waals surface area contributed by atoms with Crippen molar-refractivity contribution in [3.05, 3.63) is 45.8 Å². The first-order valence-corrected chi connectivity index (χ1v) is 7.62. The maximum Gasteiger partial charge on any atom is 0.417 e. The Hall–Kier alpha value is -1.04. The molecule has 1 unspecified atom stereocenters. The van der Waals surface area contributed by atoms with Gasteiger partial charge in [-0.1, -0.05) is 31.5 Å². The van der Waals surface area contributed by atoms with Crippen molar-refractivity contribution in [3.63, 3.8) is 0 Å². The Bertz CT molecular complexity index is 634. The number of halogens is 4. The SMILES string of the molecule is CC(C)C(N)c1ccc(-c2ccc(Cl)cc2C(F)(F)F)s1. The van der Waals surface area contributed by atoms with Gasteiger partial charge in [-0.25, -0.2) is 0 Å². The van der Waals surface area contributed by atoms with E-state index in [4.69, 9.17) is 17.3 Å². The number of rotatable bonds is 3. The lowest BCUT2D eigenvalue weighted by atomic mass is 10.0. The fraction of sp³-hybridized carbons (Fsp3) is 0.333. The molecule has 1 heterocycles. The largest absolute Gasteiger partial charge is 0.417 e. The second-order valence-electron chi connectivity index (χ2n) is 5.16. The van der Waals surface area contributed by atoms with E-state index in [1.54, 1.807) is 12.1 Å². The van der Waals surface area contributed by atoms with Gasteiger partial charge in [0.1, 0.15) is 0 Å². The molecule has 1 aromatic carbocycles. The Kier molecular flexibility index (Phi) is 4.66. The summed E-state index contributed by atoms with van der Waals surface area (Å²) in [6, 6.07) is 7.12. The molecule has 0 radical (unpaired) electrons. The van der Waals surface area contributed by atoms with Gasteiger partial charge in [-0.05, 0) is 30.2 Å². The molecule has 1 nitrogen and oxygen atoms in total. The number of thiophene rings is 1. The Labute approximate surface area is 130 Å². The second-order valence-corrected chi connectivity index (χ2v) is 6.71. The average Bonchev–Trinajstić information content (AvgIpc) is 2.86. The summed E-state index contributed by atoms with van der Waals surface area (Å²) in [5.74, 6) is 0.226. The van der Waals surface area contributed by atoms with Crippen molar-refractivity contribution in [2.75, 3.05) is 0 Å². The third-order valence-electron chi connectivity index (χ3n) is 3.23. The number of hydrogen-bond acceptors (Lipinski definition) is 2. The Morgan fingerprint density at radius 3 is 2.38 bits per heavy atom. The van der Waals surface area contributed by atoms with Crippen LogP contribution < -0.4 is 5.73 Å². The van der Waals surface area contributed by atoms with Gasteiger partial charge in [0.05, 0.1) is 5.56 Å². The maximum absolute atomic E-state index is 13.1. The highest BCUT2D eigenvalue weighted by Crippen LogP contribution is 2.41. The van der Waals surface area contributed by atoms with Crippen molar-refractivity contribution >= 4 is 22.9 Å². The van der Waals surface area contributed by atoms with E-state index in [0.717, 1.165) is 10.9 Å². The Balaban J connectivity index is 2.48. The average molecular weight is 334 g/mol. The highest BCUT2D eigenvalue weighted by Gasteiger charge is 2.34. The van der Waals surface area contributed by atoms with Crippen LogP contribution >= 0.6 is 22.9 Å². The minimum Gasteiger partial charge on any atom is -0.323 e. The summed E-state index contributed by atoms with van der Waals surface area (Å²) in [4.78, 5) is 1.42. The molecule has 0 amide bonds. The lowest BCUT2D eigenvalue weighted by Gasteiger charge is -2.14. The van der Waals surface area contributed by atoms with Crippen molar-refractivity contribution in [2.24, 2.45) is 11.7 Å². The van der Waals surface area contributed by atoms with Crippen LogP contribution in [0.15, 0.2) is 30.3 Å². The molecule has 0 saturated carbocycles. The molecule has 0 aliphatic heterocycles. The van der Waals surface area contributed by atoms with E-state index in [1.807, 2.05) is 13.8 Å². The molecule has 0 aliphatic rings. The van der Waals surface area contributed by atoms with Crippen LogP contribution in [0.25, 0.3) is 10.4 Å². The van der Waals surface area contributed by atoms with Crippen LogP contribution in [0.2, 0.25) is 5.02 Å². The summed E-state index contributed by atoms with van der Waals surface area (Å²) in [6.07, 6.45) is -4.44. The van der Waals surface area contributed by atoms with Crippen LogP contribution in [0, 0.1) is 5.92 Å². The van der Waals surface area contributed by atoms with Gasteiger partial charge in [-0.15, -0.1) is 11.3 Å². The molecule has 0 fully saturated rings. The number of hydrogen-bond donors (Lipinski definition) is 1. The smallest absolute Gasteiger partial charge is 0.323 e. The number of nitrogens with two attached hydrogens (primary N) is 1. The topological polar surface area (TPSA) is 26.0 Å². The van der Waals surface area contributed by atoms with Crippen LogP contribution in [0.3, 0.4) is 0 Å². The molecule has 1 atom stereocenters. The lowest BCUT2D eigenvalue weighted by Crippen LogP contribution is -2.14. The molecule has 21 heavy (non-hydrogen) atoms. The van der Waals surface area contributed by atoms with Crippen molar-refractivity contribution < 1.29 is 13.2 Å². The van der Waals surface area contributed by atoms with Gasteiger partial charge in [0, 0.05) is 26.4 Å². The highest BCUT2D eigenvalue weighted by atomic mass is 35.5. The zero-order valence-corrected chi connectivity index (χ0v) is 13.1. The fourth-order valence-corrected chi connectivity index (χ4v) is 3.37. The predicted octanol–water partition coefficient (Wildman–Crippen LogP) is 5.74. The molecule has 2 N–H and O–H groups in total. The van der Waals surface area contributed by atoms with Gasteiger partial charge in [-0.3, -0.25) is 0 Å². The number of alkyl halides is 3. The number of benzene rings is 1. The summed E-state index contributed by atoms with van der Waals surface area (Å²) in [6.45, 7) is 3.96. The minimum atomic E-state index is -4.44. The third kappa shape index (κ3) is 3.59. The van der Waals surface area contributed by atoms with Crippen LogP contribution in [-0.2, 0) is 6.18 Å².